The summed E-state index contributed by atoms with van der Waals surface area (Å²) in [5, 5.41) is 13.6. The Balaban J connectivity index is 1.69. The molecule has 0 fully saturated rings. The minimum atomic E-state index is -0.359. The average molecular weight is 407 g/mol. The summed E-state index contributed by atoms with van der Waals surface area (Å²) in [4.78, 5) is 25.2. The number of aromatic nitrogens is 3. The van der Waals surface area contributed by atoms with Crippen LogP contribution in [0, 0.1) is 6.92 Å². The van der Waals surface area contributed by atoms with E-state index in [-0.39, 0.29) is 24.1 Å². The van der Waals surface area contributed by atoms with Crippen LogP contribution in [0.5, 0.6) is 5.75 Å². The number of hydrogen-bond donors (Lipinski definition) is 2. The molecule has 0 saturated heterocycles. The molecule has 8 nitrogen and oxygen atoms in total. The van der Waals surface area contributed by atoms with Crippen molar-refractivity contribution in [3.05, 3.63) is 65.5 Å². The van der Waals surface area contributed by atoms with Gasteiger partial charge in [0.15, 0.2) is 5.69 Å². The third-order valence-corrected chi connectivity index (χ3v) is 4.60. The standard InChI is InChI=1S/C22H25N5O3/c1-4-16-10-6-7-11-17(16)24-22(29)21-15(3)27(26-25-21)14-20(28)23-18-12-8-9-13-19(18)30-5-2/h6-13H,4-5,14H2,1-3H3,(H,23,28)(H,24,29). The largest absolute Gasteiger partial charge is 0.492 e. The molecular formula is C22H25N5O3. The molecular weight excluding hydrogens is 382 g/mol. The van der Waals surface area contributed by atoms with Gasteiger partial charge in [-0.05, 0) is 44.0 Å². The van der Waals surface area contributed by atoms with Crippen LogP contribution in [0.3, 0.4) is 0 Å². The highest BCUT2D eigenvalue weighted by molar-refractivity contribution is 6.04. The Morgan fingerprint density at radius 3 is 2.43 bits per heavy atom. The summed E-state index contributed by atoms with van der Waals surface area (Å²) in [7, 11) is 0. The van der Waals surface area contributed by atoms with Gasteiger partial charge in [-0.2, -0.15) is 0 Å². The van der Waals surface area contributed by atoms with Crippen LogP contribution in [-0.4, -0.2) is 33.4 Å². The molecule has 3 aromatic rings. The number of carbonyl (C=O) groups excluding carboxylic acids is 2. The van der Waals surface area contributed by atoms with E-state index in [2.05, 4.69) is 20.9 Å². The second kappa shape index (κ2) is 9.69. The van der Waals surface area contributed by atoms with Crippen molar-refractivity contribution >= 4 is 23.2 Å². The molecule has 8 heteroatoms. The number of anilines is 2. The van der Waals surface area contributed by atoms with Crippen molar-refractivity contribution in [3.63, 3.8) is 0 Å². The highest BCUT2D eigenvalue weighted by atomic mass is 16.5. The van der Waals surface area contributed by atoms with Gasteiger partial charge < -0.3 is 15.4 Å². The first-order valence-corrected chi connectivity index (χ1v) is 9.84. The number of ether oxygens (including phenoxy) is 1. The van der Waals surface area contributed by atoms with Crippen LogP contribution in [-0.2, 0) is 17.8 Å². The summed E-state index contributed by atoms with van der Waals surface area (Å²) in [6, 6.07) is 14.8. The van der Waals surface area contributed by atoms with Crippen LogP contribution in [0.2, 0.25) is 0 Å². The van der Waals surface area contributed by atoms with Crippen LogP contribution in [0.25, 0.3) is 0 Å². The number of aryl methyl sites for hydroxylation is 1. The number of amides is 2. The third kappa shape index (κ3) is 4.83. The number of carbonyl (C=O) groups is 2. The van der Waals surface area contributed by atoms with Gasteiger partial charge in [0.2, 0.25) is 5.91 Å². The predicted octanol–water partition coefficient (Wildman–Crippen LogP) is 3.44. The Labute approximate surface area is 175 Å². The fourth-order valence-electron chi connectivity index (χ4n) is 3.03. The number of benzene rings is 2. The Morgan fingerprint density at radius 2 is 1.70 bits per heavy atom. The minimum Gasteiger partial charge on any atom is -0.492 e. The van der Waals surface area contributed by atoms with Gasteiger partial charge >= 0.3 is 0 Å². The fraction of sp³-hybridized carbons (Fsp3) is 0.273. The molecule has 2 N–H and O–H groups in total. The molecule has 1 heterocycles. The van der Waals surface area contributed by atoms with Crippen LogP contribution in [0.4, 0.5) is 11.4 Å². The summed E-state index contributed by atoms with van der Waals surface area (Å²) < 4.78 is 6.92. The van der Waals surface area contributed by atoms with E-state index in [9.17, 15) is 9.59 Å². The zero-order chi connectivity index (χ0) is 21.5. The van der Waals surface area contributed by atoms with Crippen molar-refractivity contribution in [2.24, 2.45) is 0 Å². The van der Waals surface area contributed by atoms with Crippen LogP contribution >= 0.6 is 0 Å². The molecule has 156 valence electrons. The Hall–Kier alpha value is -3.68. The summed E-state index contributed by atoms with van der Waals surface area (Å²) in [6.07, 6.45) is 0.797. The second-order valence-electron chi connectivity index (χ2n) is 6.62. The first kappa shape index (κ1) is 21.0. The molecule has 0 radical (unpaired) electrons. The van der Waals surface area contributed by atoms with E-state index in [0.29, 0.717) is 23.7 Å². The highest BCUT2D eigenvalue weighted by Gasteiger charge is 2.19. The zero-order valence-corrected chi connectivity index (χ0v) is 17.3. The number of nitrogens with one attached hydrogen (secondary N) is 2. The van der Waals surface area contributed by atoms with Crippen molar-refractivity contribution in [1.29, 1.82) is 0 Å². The zero-order valence-electron chi connectivity index (χ0n) is 17.3. The third-order valence-electron chi connectivity index (χ3n) is 4.60. The molecule has 0 aliphatic carbocycles. The van der Waals surface area contributed by atoms with Gasteiger partial charge in [-0.3, -0.25) is 9.59 Å². The molecule has 0 atom stereocenters. The van der Waals surface area contributed by atoms with E-state index in [4.69, 9.17) is 4.74 Å². The van der Waals surface area contributed by atoms with Gasteiger partial charge in [0.1, 0.15) is 12.3 Å². The van der Waals surface area contributed by atoms with E-state index in [1.807, 2.05) is 50.2 Å². The van der Waals surface area contributed by atoms with Crippen molar-refractivity contribution in [2.45, 2.75) is 33.7 Å². The van der Waals surface area contributed by atoms with Gasteiger partial charge in [-0.15, -0.1) is 5.10 Å². The van der Waals surface area contributed by atoms with Gasteiger partial charge in [-0.1, -0.05) is 42.5 Å². The molecule has 30 heavy (non-hydrogen) atoms. The average Bonchev–Trinajstić information content (AvgIpc) is 3.10. The Kier molecular flexibility index (Phi) is 6.79. The first-order chi connectivity index (χ1) is 14.5. The summed E-state index contributed by atoms with van der Waals surface area (Å²) in [6.45, 7) is 6.03. The van der Waals surface area contributed by atoms with Crippen molar-refractivity contribution in [1.82, 2.24) is 15.0 Å². The van der Waals surface area contributed by atoms with Gasteiger partial charge in [0, 0.05) is 5.69 Å². The molecule has 3 rings (SSSR count). The van der Waals surface area contributed by atoms with E-state index in [1.165, 1.54) is 4.68 Å². The van der Waals surface area contributed by atoms with E-state index in [0.717, 1.165) is 17.7 Å². The molecule has 0 aliphatic heterocycles. The SMILES string of the molecule is CCOc1ccccc1NC(=O)Cn1nnc(C(=O)Nc2ccccc2CC)c1C. The lowest BCUT2D eigenvalue weighted by Crippen LogP contribution is -2.21. The molecule has 0 aliphatic rings. The van der Waals surface area contributed by atoms with Crippen molar-refractivity contribution in [3.8, 4) is 5.75 Å². The maximum Gasteiger partial charge on any atom is 0.278 e. The second-order valence-corrected chi connectivity index (χ2v) is 6.62. The van der Waals surface area contributed by atoms with Crippen molar-refractivity contribution in [2.75, 3.05) is 17.2 Å². The van der Waals surface area contributed by atoms with Crippen LogP contribution in [0.15, 0.2) is 48.5 Å². The monoisotopic (exact) mass is 407 g/mol. The maximum atomic E-state index is 12.7. The Bertz CT molecular complexity index is 1040. The molecule has 0 saturated carbocycles. The molecule has 2 amide bonds. The molecule has 0 bridgehead atoms. The summed E-state index contributed by atoms with van der Waals surface area (Å²) in [5.74, 6) is -0.0569. The lowest BCUT2D eigenvalue weighted by molar-refractivity contribution is -0.117. The first-order valence-electron chi connectivity index (χ1n) is 9.84. The smallest absolute Gasteiger partial charge is 0.278 e. The predicted molar refractivity (Wildman–Crippen MR) is 115 cm³/mol. The van der Waals surface area contributed by atoms with Crippen molar-refractivity contribution < 1.29 is 14.3 Å². The molecule has 1 aromatic heterocycles. The van der Waals surface area contributed by atoms with Gasteiger partial charge in [0.05, 0.1) is 18.0 Å². The van der Waals surface area contributed by atoms with Crippen LogP contribution < -0.4 is 15.4 Å². The van der Waals surface area contributed by atoms with Gasteiger partial charge in [0.25, 0.3) is 5.91 Å². The van der Waals surface area contributed by atoms with Gasteiger partial charge in [-0.25, -0.2) is 4.68 Å². The topological polar surface area (TPSA) is 98.1 Å². The lowest BCUT2D eigenvalue weighted by atomic mass is 10.1. The quantitative estimate of drug-likeness (QED) is 0.596. The minimum absolute atomic E-state index is 0.0713. The number of para-hydroxylation sites is 3. The van der Waals surface area contributed by atoms with E-state index >= 15 is 0 Å². The fourth-order valence-corrected chi connectivity index (χ4v) is 3.03. The highest BCUT2D eigenvalue weighted by Crippen LogP contribution is 2.23. The number of hydrogen-bond acceptors (Lipinski definition) is 5. The normalized spacial score (nSPS) is 10.5. The van der Waals surface area contributed by atoms with Crippen LogP contribution in [0.1, 0.15) is 35.6 Å². The lowest BCUT2D eigenvalue weighted by Gasteiger charge is -2.11. The molecule has 0 unspecified atom stereocenters. The Morgan fingerprint density at radius 1 is 1.00 bits per heavy atom. The van der Waals surface area contributed by atoms with E-state index in [1.54, 1.807) is 19.1 Å². The number of rotatable bonds is 8. The molecule has 2 aromatic carbocycles. The summed E-state index contributed by atoms with van der Waals surface area (Å²) in [5.41, 5.74) is 3.04. The van der Waals surface area contributed by atoms with E-state index < -0.39 is 0 Å². The summed E-state index contributed by atoms with van der Waals surface area (Å²) >= 11 is 0. The molecule has 0 spiro atoms. The maximum absolute atomic E-state index is 12.7. The number of nitrogens with zero attached hydrogens (tertiary/aromatic N) is 3.